The number of aryl methyl sites for hydroxylation is 1. The molecule has 1 N–H and O–H groups in total. The fraction of sp³-hybridized carbons (Fsp3) is 0.429. The van der Waals surface area contributed by atoms with Crippen molar-refractivity contribution in [2.24, 2.45) is 0 Å². The average molecular weight is 259 g/mol. The smallest absolute Gasteiger partial charge is 0.320 e. The van der Waals surface area contributed by atoms with Gasteiger partial charge in [0.1, 0.15) is 11.7 Å². The second-order valence-electron chi connectivity index (χ2n) is 5.09. The van der Waals surface area contributed by atoms with Gasteiger partial charge >= 0.3 is 5.97 Å². The maximum Gasteiger partial charge on any atom is 0.320 e. The lowest BCUT2D eigenvalue weighted by Crippen LogP contribution is -2.35. The summed E-state index contributed by atoms with van der Waals surface area (Å²) in [5.74, 6) is -0.725. The molecule has 2 aromatic rings. The van der Waals surface area contributed by atoms with Gasteiger partial charge in [-0.2, -0.15) is 0 Å². The summed E-state index contributed by atoms with van der Waals surface area (Å²) in [5, 5.41) is 9.18. The highest BCUT2D eigenvalue weighted by atomic mass is 16.4. The van der Waals surface area contributed by atoms with Crippen molar-refractivity contribution < 1.29 is 9.90 Å². The van der Waals surface area contributed by atoms with Gasteiger partial charge in [0.05, 0.1) is 5.69 Å². The maximum atomic E-state index is 11.2. The number of nitrogens with zero attached hydrogens (tertiary/aromatic N) is 3. The fourth-order valence-corrected chi connectivity index (χ4v) is 2.78. The zero-order valence-electron chi connectivity index (χ0n) is 10.9. The van der Waals surface area contributed by atoms with Gasteiger partial charge in [0, 0.05) is 18.4 Å². The molecule has 1 aliphatic heterocycles. The third kappa shape index (κ3) is 2.21. The molecule has 0 aliphatic carbocycles. The minimum Gasteiger partial charge on any atom is -0.480 e. The predicted octanol–water partition coefficient (Wildman–Crippen LogP) is 1.69. The van der Waals surface area contributed by atoms with E-state index in [1.165, 1.54) is 0 Å². The molecule has 0 radical (unpaired) electrons. The molecule has 100 valence electrons. The van der Waals surface area contributed by atoms with E-state index in [0.717, 1.165) is 36.4 Å². The van der Waals surface area contributed by atoms with Gasteiger partial charge in [-0.3, -0.25) is 9.69 Å². The highest BCUT2D eigenvalue weighted by Gasteiger charge is 2.30. The molecule has 0 saturated carbocycles. The minimum atomic E-state index is -0.725. The Labute approximate surface area is 111 Å². The van der Waals surface area contributed by atoms with Crippen LogP contribution < -0.4 is 0 Å². The largest absolute Gasteiger partial charge is 0.480 e. The second kappa shape index (κ2) is 4.66. The van der Waals surface area contributed by atoms with Crippen LogP contribution in [-0.4, -0.2) is 37.9 Å². The lowest BCUT2D eigenvalue weighted by Gasteiger charge is -2.19. The lowest BCUT2D eigenvalue weighted by atomic mass is 10.2. The van der Waals surface area contributed by atoms with Gasteiger partial charge in [-0.15, -0.1) is 0 Å². The number of pyridine rings is 1. The zero-order chi connectivity index (χ0) is 13.4. The van der Waals surface area contributed by atoms with Crippen molar-refractivity contribution in [3.05, 3.63) is 35.8 Å². The van der Waals surface area contributed by atoms with Crippen molar-refractivity contribution in [1.29, 1.82) is 0 Å². The molecule has 1 atom stereocenters. The number of likely N-dealkylation sites (tertiary alicyclic amines) is 1. The van der Waals surface area contributed by atoms with E-state index >= 15 is 0 Å². The number of fused-ring (bicyclic) bond motifs is 1. The standard InChI is InChI=1S/C14H17N3O2/c1-10-4-2-6-13-15-11(9-17(10)13)8-16-7-3-5-12(16)14(18)19/h2,4,6,9,12H,3,5,7-8H2,1H3,(H,18,19). The van der Waals surface area contributed by atoms with Crippen LogP contribution in [-0.2, 0) is 11.3 Å². The van der Waals surface area contributed by atoms with Crippen molar-refractivity contribution in [3.8, 4) is 0 Å². The first-order chi connectivity index (χ1) is 9.15. The molecule has 19 heavy (non-hydrogen) atoms. The van der Waals surface area contributed by atoms with Gasteiger partial charge in [0.15, 0.2) is 0 Å². The summed E-state index contributed by atoms with van der Waals surface area (Å²) in [6, 6.07) is 5.63. The Morgan fingerprint density at radius 1 is 1.53 bits per heavy atom. The SMILES string of the molecule is Cc1cccc2nc(CN3CCCC3C(=O)O)cn12. The summed E-state index contributed by atoms with van der Waals surface area (Å²) >= 11 is 0. The summed E-state index contributed by atoms with van der Waals surface area (Å²) in [4.78, 5) is 17.7. The predicted molar refractivity (Wildman–Crippen MR) is 71.0 cm³/mol. The third-order valence-corrected chi connectivity index (χ3v) is 3.76. The van der Waals surface area contributed by atoms with Gasteiger partial charge < -0.3 is 9.51 Å². The number of rotatable bonds is 3. The van der Waals surface area contributed by atoms with Crippen LogP contribution in [0.3, 0.4) is 0 Å². The first kappa shape index (κ1) is 12.2. The molecule has 2 aromatic heterocycles. The second-order valence-corrected chi connectivity index (χ2v) is 5.09. The quantitative estimate of drug-likeness (QED) is 0.911. The number of carboxylic acid groups (broad SMARTS) is 1. The van der Waals surface area contributed by atoms with E-state index in [-0.39, 0.29) is 6.04 Å². The van der Waals surface area contributed by atoms with Crippen LogP contribution in [0.1, 0.15) is 24.2 Å². The van der Waals surface area contributed by atoms with Gasteiger partial charge in [-0.05, 0) is 38.4 Å². The van der Waals surface area contributed by atoms with E-state index in [4.69, 9.17) is 0 Å². The number of hydrogen-bond acceptors (Lipinski definition) is 3. The monoisotopic (exact) mass is 259 g/mol. The van der Waals surface area contributed by atoms with Crippen LogP contribution in [0.4, 0.5) is 0 Å². The summed E-state index contributed by atoms with van der Waals surface area (Å²) in [5.41, 5.74) is 2.98. The number of carboxylic acids is 1. The van der Waals surface area contributed by atoms with Gasteiger partial charge in [0.25, 0.3) is 0 Å². The Kier molecular flexibility index (Phi) is 2.98. The normalized spacial score (nSPS) is 20.2. The summed E-state index contributed by atoms with van der Waals surface area (Å²) < 4.78 is 2.04. The first-order valence-electron chi connectivity index (χ1n) is 6.55. The van der Waals surface area contributed by atoms with Crippen LogP contribution in [0.5, 0.6) is 0 Å². The Hall–Kier alpha value is -1.88. The van der Waals surface area contributed by atoms with Gasteiger partial charge in [-0.25, -0.2) is 4.98 Å². The van der Waals surface area contributed by atoms with Crippen molar-refractivity contribution in [2.75, 3.05) is 6.54 Å². The van der Waals surface area contributed by atoms with Crippen LogP contribution >= 0.6 is 0 Å². The average Bonchev–Trinajstić information content (AvgIpc) is 2.96. The summed E-state index contributed by atoms with van der Waals surface area (Å²) in [7, 11) is 0. The molecule has 5 nitrogen and oxygen atoms in total. The Balaban J connectivity index is 1.85. The number of aromatic nitrogens is 2. The molecule has 5 heteroatoms. The molecule has 1 saturated heterocycles. The van der Waals surface area contributed by atoms with Crippen LogP contribution in [0.25, 0.3) is 5.65 Å². The Morgan fingerprint density at radius 3 is 3.11 bits per heavy atom. The summed E-state index contributed by atoms with van der Waals surface area (Å²) in [6.07, 6.45) is 3.69. The van der Waals surface area contributed by atoms with E-state index < -0.39 is 5.97 Å². The number of hydrogen-bond donors (Lipinski definition) is 1. The molecular weight excluding hydrogens is 242 g/mol. The number of carbonyl (C=O) groups is 1. The molecule has 3 rings (SSSR count). The van der Waals surface area contributed by atoms with Gasteiger partial charge in [-0.1, -0.05) is 6.07 Å². The first-order valence-corrected chi connectivity index (χ1v) is 6.55. The van der Waals surface area contributed by atoms with E-state index in [1.54, 1.807) is 0 Å². The molecular formula is C14H17N3O2. The summed E-state index contributed by atoms with van der Waals surface area (Å²) in [6.45, 7) is 3.48. The molecule has 0 amide bonds. The molecule has 0 bridgehead atoms. The minimum absolute atomic E-state index is 0.356. The fourth-order valence-electron chi connectivity index (χ4n) is 2.78. The molecule has 0 aromatic carbocycles. The molecule has 1 unspecified atom stereocenters. The highest BCUT2D eigenvalue weighted by molar-refractivity contribution is 5.73. The van der Waals surface area contributed by atoms with E-state index in [2.05, 4.69) is 4.98 Å². The van der Waals surface area contributed by atoms with E-state index in [9.17, 15) is 9.90 Å². The highest BCUT2D eigenvalue weighted by Crippen LogP contribution is 2.20. The van der Waals surface area contributed by atoms with Crippen LogP contribution in [0.2, 0.25) is 0 Å². The molecule has 0 spiro atoms. The molecule has 1 fully saturated rings. The van der Waals surface area contributed by atoms with Crippen molar-refractivity contribution >= 4 is 11.6 Å². The van der Waals surface area contributed by atoms with Crippen molar-refractivity contribution in [2.45, 2.75) is 32.4 Å². The lowest BCUT2D eigenvalue weighted by molar-refractivity contribution is -0.142. The Morgan fingerprint density at radius 2 is 2.37 bits per heavy atom. The van der Waals surface area contributed by atoms with Crippen LogP contribution in [0.15, 0.2) is 24.4 Å². The van der Waals surface area contributed by atoms with Crippen molar-refractivity contribution in [1.82, 2.24) is 14.3 Å². The van der Waals surface area contributed by atoms with Crippen molar-refractivity contribution in [3.63, 3.8) is 0 Å². The number of aliphatic carboxylic acids is 1. The Bertz CT molecular complexity index is 620. The maximum absolute atomic E-state index is 11.2. The topological polar surface area (TPSA) is 57.8 Å². The zero-order valence-corrected chi connectivity index (χ0v) is 10.9. The third-order valence-electron chi connectivity index (χ3n) is 3.76. The molecule has 1 aliphatic rings. The van der Waals surface area contributed by atoms with E-state index in [0.29, 0.717) is 6.54 Å². The molecule has 3 heterocycles. The van der Waals surface area contributed by atoms with E-state index in [1.807, 2.05) is 40.6 Å². The number of imidazole rings is 1. The van der Waals surface area contributed by atoms with Gasteiger partial charge in [0.2, 0.25) is 0 Å². The van der Waals surface area contributed by atoms with Crippen LogP contribution in [0, 0.1) is 6.92 Å².